The van der Waals surface area contributed by atoms with Gasteiger partial charge in [-0.15, -0.1) is 0 Å². The van der Waals surface area contributed by atoms with Crippen molar-refractivity contribution in [2.45, 2.75) is 46.7 Å². The Morgan fingerprint density at radius 3 is 2.60 bits per heavy atom. The summed E-state index contributed by atoms with van der Waals surface area (Å²) in [4.78, 5) is 0. The average Bonchev–Trinajstić information content (AvgIpc) is 2.60. The van der Waals surface area contributed by atoms with Gasteiger partial charge in [0.15, 0.2) is 0 Å². The lowest BCUT2D eigenvalue weighted by molar-refractivity contribution is 0.656. The van der Waals surface area contributed by atoms with Gasteiger partial charge in [0, 0.05) is 16.8 Å². The summed E-state index contributed by atoms with van der Waals surface area (Å²) in [5.74, 6) is 0. The van der Waals surface area contributed by atoms with Crippen LogP contribution in [0.4, 0.5) is 0 Å². The summed E-state index contributed by atoms with van der Waals surface area (Å²) in [6.07, 6.45) is 0.860. The highest BCUT2D eigenvalue weighted by Crippen LogP contribution is 2.21. The van der Waals surface area contributed by atoms with Crippen LogP contribution in [-0.4, -0.2) is 15.8 Å². The lowest BCUT2D eigenvalue weighted by Gasteiger charge is -2.09. The van der Waals surface area contributed by atoms with Gasteiger partial charge in [-0.3, -0.25) is 4.68 Å². The molecule has 20 heavy (non-hydrogen) atoms. The van der Waals surface area contributed by atoms with Gasteiger partial charge in [0.2, 0.25) is 0 Å². The van der Waals surface area contributed by atoms with Crippen molar-refractivity contribution in [3.8, 4) is 0 Å². The van der Waals surface area contributed by atoms with Crippen LogP contribution in [-0.2, 0) is 13.0 Å². The van der Waals surface area contributed by atoms with E-state index in [1.54, 1.807) is 0 Å². The summed E-state index contributed by atoms with van der Waals surface area (Å²) in [5, 5.41) is 5.42. The maximum absolute atomic E-state index is 6.30. The first-order valence-electron chi connectivity index (χ1n) is 6.92. The topological polar surface area (TPSA) is 43.8 Å². The van der Waals surface area contributed by atoms with Crippen LogP contribution in [0.3, 0.4) is 0 Å². The predicted molar refractivity (Wildman–Crippen MR) is 84.3 cm³/mol. The fourth-order valence-corrected chi connectivity index (χ4v) is 2.74. The highest BCUT2D eigenvalue weighted by atomic mass is 35.5. The molecule has 0 saturated heterocycles. The maximum atomic E-state index is 6.30. The molecule has 0 aliphatic rings. The van der Waals surface area contributed by atoms with Gasteiger partial charge in [0.05, 0.1) is 12.2 Å². The third-order valence-electron chi connectivity index (χ3n) is 3.59. The van der Waals surface area contributed by atoms with Crippen LogP contribution in [0.1, 0.15) is 35.0 Å². The Balaban J connectivity index is 2.30. The van der Waals surface area contributed by atoms with Crippen molar-refractivity contribution in [1.29, 1.82) is 0 Å². The van der Waals surface area contributed by atoms with Crippen LogP contribution in [0.15, 0.2) is 18.2 Å². The van der Waals surface area contributed by atoms with Gasteiger partial charge < -0.3 is 5.73 Å². The van der Waals surface area contributed by atoms with Gasteiger partial charge in [0.25, 0.3) is 0 Å². The largest absolute Gasteiger partial charge is 0.328 e. The van der Waals surface area contributed by atoms with Crippen LogP contribution in [0.2, 0.25) is 5.02 Å². The number of nitrogens with two attached hydrogens (primary N) is 1. The van der Waals surface area contributed by atoms with Crippen molar-refractivity contribution in [2.24, 2.45) is 5.73 Å². The van der Waals surface area contributed by atoms with Crippen LogP contribution < -0.4 is 5.73 Å². The summed E-state index contributed by atoms with van der Waals surface area (Å²) in [5.41, 5.74) is 11.7. The second-order valence-electron chi connectivity index (χ2n) is 5.58. The van der Waals surface area contributed by atoms with Crippen molar-refractivity contribution in [3.63, 3.8) is 0 Å². The number of aromatic nitrogens is 2. The molecule has 2 N–H and O–H groups in total. The van der Waals surface area contributed by atoms with Crippen molar-refractivity contribution in [1.82, 2.24) is 9.78 Å². The predicted octanol–water partition coefficient (Wildman–Crippen LogP) is 3.40. The van der Waals surface area contributed by atoms with Gasteiger partial charge in [-0.2, -0.15) is 5.10 Å². The third kappa shape index (κ3) is 3.22. The Morgan fingerprint density at radius 2 is 2.00 bits per heavy atom. The number of benzene rings is 1. The van der Waals surface area contributed by atoms with Crippen LogP contribution in [0, 0.1) is 20.8 Å². The normalized spacial score (nSPS) is 12.7. The Hall–Kier alpha value is -1.32. The molecule has 0 bridgehead atoms. The zero-order valence-corrected chi connectivity index (χ0v) is 13.3. The van der Waals surface area contributed by atoms with Crippen LogP contribution >= 0.6 is 11.6 Å². The van der Waals surface area contributed by atoms with E-state index >= 15 is 0 Å². The molecule has 1 unspecified atom stereocenters. The summed E-state index contributed by atoms with van der Waals surface area (Å²) < 4.78 is 2.02. The minimum atomic E-state index is 0.146. The molecule has 108 valence electrons. The van der Waals surface area contributed by atoms with E-state index in [2.05, 4.69) is 24.2 Å². The molecule has 4 heteroatoms. The molecule has 0 saturated carbocycles. The Labute approximate surface area is 125 Å². The SMILES string of the molecule is Cc1ccc(Cn2nc(C)c(CC(C)N)c2C)c(Cl)c1. The number of hydrogen-bond acceptors (Lipinski definition) is 2. The molecule has 0 radical (unpaired) electrons. The van der Waals surface area contributed by atoms with Crippen LogP contribution in [0.25, 0.3) is 0 Å². The van der Waals surface area contributed by atoms with E-state index in [4.69, 9.17) is 17.3 Å². The van der Waals surface area contributed by atoms with E-state index in [0.29, 0.717) is 6.54 Å². The molecule has 2 rings (SSSR count). The van der Waals surface area contributed by atoms with Gasteiger partial charge in [0.1, 0.15) is 0 Å². The minimum Gasteiger partial charge on any atom is -0.328 e. The van der Waals surface area contributed by atoms with Crippen LogP contribution in [0.5, 0.6) is 0 Å². The van der Waals surface area contributed by atoms with Gasteiger partial charge in [-0.1, -0.05) is 23.7 Å². The van der Waals surface area contributed by atoms with Crippen molar-refractivity contribution in [2.75, 3.05) is 0 Å². The molecule has 1 atom stereocenters. The Bertz CT molecular complexity index is 614. The monoisotopic (exact) mass is 291 g/mol. The van der Waals surface area contributed by atoms with E-state index in [-0.39, 0.29) is 6.04 Å². The average molecular weight is 292 g/mol. The molecule has 0 aliphatic heterocycles. The fourth-order valence-electron chi connectivity index (χ4n) is 2.45. The van der Waals surface area contributed by atoms with Crippen molar-refractivity contribution >= 4 is 11.6 Å². The summed E-state index contributed by atoms with van der Waals surface area (Å²) >= 11 is 6.30. The lowest BCUT2D eigenvalue weighted by atomic mass is 10.1. The van der Waals surface area contributed by atoms with E-state index in [1.165, 1.54) is 16.8 Å². The number of halogens is 1. The van der Waals surface area contributed by atoms with Gasteiger partial charge in [-0.05, 0) is 56.9 Å². The molecule has 0 aliphatic carbocycles. The first-order valence-corrected chi connectivity index (χ1v) is 7.29. The second-order valence-corrected chi connectivity index (χ2v) is 5.99. The number of nitrogens with zero attached hydrogens (tertiary/aromatic N) is 2. The maximum Gasteiger partial charge on any atom is 0.0677 e. The number of aryl methyl sites for hydroxylation is 2. The van der Waals surface area contributed by atoms with E-state index < -0.39 is 0 Å². The molecule has 1 heterocycles. The Morgan fingerprint density at radius 1 is 1.30 bits per heavy atom. The fraction of sp³-hybridized carbons (Fsp3) is 0.438. The minimum absolute atomic E-state index is 0.146. The highest BCUT2D eigenvalue weighted by Gasteiger charge is 2.13. The second kappa shape index (κ2) is 5.98. The first kappa shape index (κ1) is 15.1. The molecule has 1 aromatic heterocycles. The summed E-state index contributed by atoms with van der Waals surface area (Å²) in [6.45, 7) is 8.90. The van der Waals surface area contributed by atoms with Crippen molar-refractivity contribution < 1.29 is 0 Å². The molecule has 0 amide bonds. The summed E-state index contributed by atoms with van der Waals surface area (Å²) in [7, 11) is 0. The standard InChI is InChI=1S/C16H22ClN3/c1-10-5-6-14(16(17)7-10)9-20-13(4)15(8-11(2)18)12(3)19-20/h5-7,11H,8-9,18H2,1-4H3. The van der Waals surface area contributed by atoms with E-state index in [9.17, 15) is 0 Å². The smallest absolute Gasteiger partial charge is 0.0677 e. The quantitative estimate of drug-likeness (QED) is 0.938. The third-order valence-corrected chi connectivity index (χ3v) is 3.94. The highest BCUT2D eigenvalue weighted by molar-refractivity contribution is 6.31. The van der Waals surface area contributed by atoms with Gasteiger partial charge >= 0.3 is 0 Å². The summed E-state index contributed by atoms with van der Waals surface area (Å²) in [6, 6.07) is 6.29. The van der Waals surface area contributed by atoms with E-state index in [0.717, 1.165) is 22.7 Å². The molecule has 0 fully saturated rings. The number of rotatable bonds is 4. The van der Waals surface area contributed by atoms with Gasteiger partial charge in [-0.25, -0.2) is 0 Å². The molecule has 3 nitrogen and oxygen atoms in total. The molecule has 1 aromatic carbocycles. The molecule has 0 spiro atoms. The number of hydrogen-bond donors (Lipinski definition) is 1. The molecular formula is C16H22ClN3. The van der Waals surface area contributed by atoms with E-state index in [1.807, 2.05) is 31.5 Å². The zero-order chi connectivity index (χ0) is 14.9. The molecule has 2 aromatic rings. The zero-order valence-electron chi connectivity index (χ0n) is 12.6. The van der Waals surface area contributed by atoms with Crippen molar-refractivity contribution in [3.05, 3.63) is 51.3 Å². The first-order chi connectivity index (χ1) is 9.38. The lowest BCUT2D eigenvalue weighted by Crippen LogP contribution is -2.18. The Kier molecular flexibility index (Phi) is 4.51. The molecular weight excluding hydrogens is 270 g/mol.